The van der Waals surface area contributed by atoms with Crippen LogP contribution in [0.4, 0.5) is 5.82 Å². The first-order chi connectivity index (χ1) is 10.3. The predicted octanol–water partition coefficient (Wildman–Crippen LogP) is 4.65. The molecule has 2 aliphatic rings. The molecule has 0 spiro atoms. The van der Waals surface area contributed by atoms with E-state index < -0.39 is 0 Å². The van der Waals surface area contributed by atoms with E-state index in [9.17, 15) is 0 Å². The molecule has 4 rings (SSSR count). The van der Waals surface area contributed by atoms with Gasteiger partial charge in [0.25, 0.3) is 0 Å². The third kappa shape index (κ3) is 2.39. The molecule has 0 bridgehead atoms. The maximum absolute atomic E-state index is 5.00. The normalized spacial score (nSPS) is 18.5. The highest BCUT2D eigenvalue weighted by molar-refractivity contribution is 9.10. The fourth-order valence-corrected chi connectivity index (χ4v) is 3.72. The van der Waals surface area contributed by atoms with Gasteiger partial charge in [-0.25, -0.2) is 4.68 Å². The fraction of sp³-hybridized carbons (Fsp3) is 0.471. The van der Waals surface area contributed by atoms with E-state index in [2.05, 4.69) is 50.2 Å². The van der Waals surface area contributed by atoms with Gasteiger partial charge in [-0.15, -0.1) is 0 Å². The summed E-state index contributed by atoms with van der Waals surface area (Å²) in [5, 5.41) is 8.62. The van der Waals surface area contributed by atoms with E-state index in [0.717, 1.165) is 16.7 Å². The number of nitrogens with one attached hydrogen (secondary N) is 1. The molecular formula is C17H20BrN3. The summed E-state index contributed by atoms with van der Waals surface area (Å²) in [6, 6.07) is 8.42. The smallest absolute Gasteiger partial charge is 0.133 e. The molecule has 110 valence electrons. The zero-order valence-electron chi connectivity index (χ0n) is 12.1. The largest absolute Gasteiger partial charge is 0.370 e. The van der Waals surface area contributed by atoms with Gasteiger partial charge >= 0.3 is 0 Å². The Hall–Kier alpha value is -1.29. The second-order valence-electron chi connectivity index (χ2n) is 6.12. The molecule has 3 nitrogen and oxygen atoms in total. The molecule has 1 N–H and O–H groups in total. The van der Waals surface area contributed by atoms with Crippen LogP contribution in [0.15, 0.2) is 28.7 Å². The quantitative estimate of drug-likeness (QED) is 0.858. The molecule has 0 unspecified atom stereocenters. The molecule has 0 radical (unpaired) electrons. The SMILES string of the molecule is Brc1cccc(-n2nc(C3CCC3)c3c2NCCCC3)c1. The Labute approximate surface area is 133 Å². The van der Waals surface area contributed by atoms with Gasteiger partial charge in [-0.2, -0.15) is 5.10 Å². The first-order valence-corrected chi connectivity index (χ1v) is 8.74. The average Bonchev–Trinajstić information content (AvgIpc) is 2.62. The van der Waals surface area contributed by atoms with Gasteiger partial charge in [-0.1, -0.05) is 28.4 Å². The second-order valence-corrected chi connectivity index (χ2v) is 7.03. The summed E-state index contributed by atoms with van der Waals surface area (Å²) >= 11 is 3.57. The molecule has 21 heavy (non-hydrogen) atoms. The number of hydrogen-bond donors (Lipinski definition) is 1. The van der Waals surface area contributed by atoms with Crippen molar-refractivity contribution in [1.29, 1.82) is 0 Å². The summed E-state index contributed by atoms with van der Waals surface area (Å²) in [6.07, 6.45) is 7.66. The Morgan fingerprint density at radius 3 is 2.86 bits per heavy atom. The molecular weight excluding hydrogens is 326 g/mol. The lowest BCUT2D eigenvalue weighted by Gasteiger charge is -2.24. The van der Waals surface area contributed by atoms with Crippen molar-refractivity contribution in [1.82, 2.24) is 9.78 Å². The van der Waals surface area contributed by atoms with E-state index in [4.69, 9.17) is 5.10 Å². The Balaban J connectivity index is 1.84. The third-order valence-corrected chi connectivity index (χ3v) is 5.20. The van der Waals surface area contributed by atoms with Crippen molar-refractivity contribution in [3.63, 3.8) is 0 Å². The van der Waals surface area contributed by atoms with Gasteiger partial charge < -0.3 is 5.32 Å². The number of benzene rings is 1. The van der Waals surface area contributed by atoms with E-state index in [1.807, 2.05) is 0 Å². The van der Waals surface area contributed by atoms with E-state index in [1.165, 1.54) is 55.6 Å². The van der Waals surface area contributed by atoms with Crippen LogP contribution in [-0.2, 0) is 6.42 Å². The molecule has 1 aliphatic heterocycles. The minimum absolute atomic E-state index is 0.687. The van der Waals surface area contributed by atoms with Crippen LogP contribution in [0.25, 0.3) is 5.69 Å². The van der Waals surface area contributed by atoms with Crippen molar-refractivity contribution in [3.05, 3.63) is 40.0 Å². The van der Waals surface area contributed by atoms with Gasteiger partial charge in [-0.3, -0.25) is 0 Å². The highest BCUT2D eigenvalue weighted by Gasteiger charge is 2.29. The topological polar surface area (TPSA) is 29.9 Å². The van der Waals surface area contributed by atoms with E-state index >= 15 is 0 Å². The lowest BCUT2D eigenvalue weighted by atomic mass is 9.81. The molecule has 0 amide bonds. The van der Waals surface area contributed by atoms with Crippen LogP contribution in [0, 0.1) is 0 Å². The standard InChI is InChI=1S/C17H20BrN3/c18-13-7-4-8-14(11-13)21-17-15(9-1-2-10-19-17)16(20-21)12-5-3-6-12/h4,7-8,11-12,19H,1-3,5-6,9-10H2. The summed E-state index contributed by atoms with van der Waals surface area (Å²) in [4.78, 5) is 0. The van der Waals surface area contributed by atoms with Gasteiger partial charge in [0.2, 0.25) is 0 Å². The average molecular weight is 346 g/mol. The zero-order chi connectivity index (χ0) is 14.2. The maximum atomic E-state index is 5.00. The van der Waals surface area contributed by atoms with Gasteiger partial charge in [0.05, 0.1) is 11.4 Å². The summed E-state index contributed by atoms with van der Waals surface area (Å²) in [5.74, 6) is 1.92. The summed E-state index contributed by atoms with van der Waals surface area (Å²) in [7, 11) is 0. The Kier molecular flexibility index (Phi) is 3.49. The van der Waals surface area contributed by atoms with Crippen LogP contribution >= 0.6 is 15.9 Å². The maximum Gasteiger partial charge on any atom is 0.133 e. The lowest BCUT2D eigenvalue weighted by molar-refractivity contribution is 0.406. The number of hydrogen-bond acceptors (Lipinski definition) is 2. The van der Waals surface area contributed by atoms with Crippen LogP contribution in [-0.4, -0.2) is 16.3 Å². The lowest BCUT2D eigenvalue weighted by Crippen LogP contribution is -2.11. The first kappa shape index (κ1) is 13.4. The number of nitrogens with zero attached hydrogens (tertiary/aromatic N) is 2. The number of anilines is 1. The van der Waals surface area contributed by atoms with Crippen LogP contribution in [0.3, 0.4) is 0 Å². The van der Waals surface area contributed by atoms with Gasteiger partial charge in [0, 0.05) is 22.5 Å². The molecule has 1 fully saturated rings. The number of fused-ring (bicyclic) bond motifs is 1. The summed E-state index contributed by atoms with van der Waals surface area (Å²) in [6.45, 7) is 1.05. The van der Waals surface area contributed by atoms with Crippen molar-refractivity contribution in [2.45, 2.75) is 44.4 Å². The van der Waals surface area contributed by atoms with E-state index in [1.54, 1.807) is 0 Å². The monoisotopic (exact) mass is 345 g/mol. The fourth-order valence-electron chi connectivity index (χ4n) is 3.33. The molecule has 0 saturated heterocycles. The van der Waals surface area contributed by atoms with Crippen LogP contribution in [0.1, 0.15) is 49.3 Å². The number of halogens is 1. The molecule has 1 aromatic carbocycles. The van der Waals surface area contributed by atoms with Crippen molar-refractivity contribution < 1.29 is 0 Å². The van der Waals surface area contributed by atoms with E-state index in [0.29, 0.717) is 5.92 Å². The molecule has 1 aliphatic carbocycles. The van der Waals surface area contributed by atoms with Gasteiger partial charge in [0.1, 0.15) is 5.82 Å². The zero-order valence-corrected chi connectivity index (χ0v) is 13.7. The van der Waals surface area contributed by atoms with Gasteiger partial charge in [0.15, 0.2) is 0 Å². The highest BCUT2D eigenvalue weighted by atomic mass is 79.9. The Morgan fingerprint density at radius 2 is 2.10 bits per heavy atom. The van der Waals surface area contributed by atoms with Crippen molar-refractivity contribution >= 4 is 21.7 Å². The van der Waals surface area contributed by atoms with Gasteiger partial charge in [-0.05, 0) is 50.3 Å². The van der Waals surface area contributed by atoms with Crippen molar-refractivity contribution in [2.24, 2.45) is 0 Å². The minimum atomic E-state index is 0.687. The summed E-state index contributed by atoms with van der Waals surface area (Å²) < 4.78 is 3.22. The molecule has 1 saturated carbocycles. The highest BCUT2D eigenvalue weighted by Crippen LogP contribution is 2.41. The van der Waals surface area contributed by atoms with Crippen LogP contribution in [0.2, 0.25) is 0 Å². The van der Waals surface area contributed by atoms with Crippen LogP contribution < -0.4 is 5.32 Å². The molecule has 2 heterocycles. The number of aromatic nitrogens is 2. The first-order valence-electron chi connectivity index (χ1n) is 7.94. The van der Waals surface area contributed by atoms with Crippen molar-refractivity contribution in [2.75, 3.05) is 11.9 Å². The van der Waals surface area contributed by atoms with Crippen molar-refractivity contribution in [3.8, 4) is 5.69 Å². The Morgan fingerprint density at radius 1 is 1.19 bits per heavy atom. The Bertz CT molecular complexity index is 658. The number of rotatable bonds is 2. The molecule has 4 heteroatoms. The van der Waals surface area contributed by atoms with E-state index in [-0.39, 0.29) is 0 Å². The molecule has 0 atom stereocenters. The molecule has 1 aromatic heterocycles. The third-order valence-electron chi connectivity index (χ3n) is 4.71. The second kappa shape index (κ2) is 5.48. The summed E-state index contributed by atoms with van der Waals surface area (Å²) in [5.41, 5.74) is 3.96. The predicted molar refractivity (Wildman–Crippen MR) is 89.3 cm³/mol. The van der Waals surface area contributed by atoms with Crippen LogP contribution in [0.5, 0.6) is 0 Å². The minimum Gasteiger partial charge on any atom is -0.370 e. The molecule has 2 aromatic rings.